The lowest BCUT2D eigenvalue weighted by Crippen LogP contribution is -2.33. The number of piperidine rings is 1. The molecule has 2 aliphatic carbocycles. The van der Waals surface area contributed by atoms with Gasteiger partial charge in [-0.1, -0.05) is 6.92 Å². The van der Waals surface area contributed by atoms with Crippen molar-refractivity contribution < 1.29 is 18.6 Å². The van der Waals surface area contributed by atoms with Gasteiger partial charge in [-0.15, -0.1) is 0 Å². The molecule has 0 radical (unpaired) electrons. The van der Waals surface area contributed by atoms with E-state index in [1.165, 1.54) is 32.5 Å². The Balaban J connectivity index is 0.000000576. The monoisotopic (exact) mass is 281 g/mol. The molecular weight excluding hydrogens is 255 g/mol. The third-order valence-corrected chi connectivity index (χ3v) is 4.94. The topological polar surface area (TPSA) is 12.5 Å². The Hall–Kier alpha value is -0.290. The van der Waals surface area contributed by atoms with E-state index in [2.05, 4.69) is 25.7 Å². The first-order valence-corrected chi connectivity index (χ1v) is 7.08. The lowest BCUT2D eigenvalue weighted by molar-refractivity contribution is 0.0319. The van der Waals surface area contributed by atoms with Crippen LogP contribution >= 0.6 is 0 Å². The zero-order valence-corrected chi connectivity index (χ0v) is 12.1. The molecule has 3 aliphatic rings. The molecule has 0 N–H and O–H groups in total. The van der Waals surface area contributed by atoms with Crippen molar-refractivity contribution in [3.63, 3.8) is 0 Å². The third kappa shape index (κ3) is 3.85. The van der Waals surface area contributed by atoms with Crippen LogP contribution in [0.4, 0.5) is 13.9 Å². The average Bonchev–Trinajstić information content (AvgIpc) is 3.18. The Kier molecular flexibility index (Phi) is 5.68. The van der Waals surface area contributed by atoms with E-state index in [1.54, 1.807) is 0 Å². The number of rotatable bonds is 5. The molecule has 0 amide bonds. The first kappa shape index (κ1) is 16.8. The van der Waals surface area contributed by atoms with Gasteiger partial charge in [0.05, 0.1) is 12.7 Å². The standard InChI is InChI=1S/C14H25NO.F2.FH/c1-10(2)16-9-14(4-5-14)8-15-6-12-11(3)13(12)7-15;1-2;/h10-13H,4-9H2,1-3H3;;1H/t11?,12-,13+;;. The second-order valence-electron chi connectivity index (χ2n) is 6.74. The predicted octanol–water partition coefficient (Wildman–Crippen LogP) is 3.38. The maximum absolute atomic E-state index is 8.00. The van der Waals surface area contributed by atoms with Gasteiger partial charge in [-0.2, -0.15) is 0 Å². The van der Waals surface area contributed by atoms with Crippen LogP contribution in [0.25, 0.3) is 0 Å². The maximum atomic E-state index is 8.00. The van der Waals surface area contributed by atoms with Crippen LogP contribution in [-0.2, 0) is 4.74 Å². The number of likely N-dealkylation sites (tertiary alicyclic amines) is 1. The Morgan fingerprint density at radius 2 is 1.74 bits per heavy atom. The van der Waals surface area contributed by atoms with Gasteiger partial charge in [0.2, 0.25) is 0 Å². The highest BCUT2D eigenvalue weighted by Gasteiger charge is 2.54. The van der Waals surface area contributed by atoms with Gasteiger partial charge in [0.25, 0.3) is 0 Å². The van der Waals surface area contributed by atoms with Crippen LogP contribution in [0.2, 0.25) is 0 Å². The molecule has 19 heavy (non-hydrogen) atoms. The number of nitrogens with zero attached hydrogens (tertiary/aromatic N) is 1. The van der Waals surface area contributed by atoms with Crippen molar-refractivity contribution in [2.75, 3.05) is 26.2 Å². The molecule has 0 spiro atoms. The Labute approximate surface area is 113 Å². The van der Waals surface area contributed by atoms with Crippen molar-refractivity contribution in [2.45, 2.75) is 39.7 Å². The molecule has 0 bridgehead atoms. The van der Waals surface area contributed by atoms with Gasteiger partial charge < -0.3 is 9.64 Å². The summed E-state index contributed by atoms with van der Waals surface area (Å²) in [7, 11) is 0. The number of hydrogen-bond donors (Lipinski definition) is 0. The number of ether oxygens (including phenoxy) is 1. The van der Waals surface area contributed by atoms with Gasteiger partial charge in [-0.05, 0) is 44.4 Å². The summed E-state index contributed by atoms with van der Waals surface area (Å²) in [5, 5.41) is 0. The maximum Gasteiger partial charge on any atom is 0.0538 e. The summed E-state index contributed by atoms with van der Waals surface area (Å²) < 4.78 is 21.8. The SMILES string of the molecule is CC(C)OCC1(CN2C[C@@H]3C(C)[C@@H]3C2)CC1.F.FF. The van der Waals surface area contributed by atoms with Crippen LogP contribution < -0.4 is 0 Å². The molecule has 1 unspecified atom stereocenters. The van der Waals surface area contributed by atoms with E-state index in [-0.39, 0.29) is 4.70 Å². The normalized spacial score (nSPS) is 34.1. The highest BCUT2D eigenvalue weighted by atomic mass is 20.0. The molecule has 2 saturated carbocycles. The minimum absolute atomic E-state index is 0. The van der Waals surface area contributed by atoms with Crippen molar-refractivity contribution in [1.29, 1.82) is 0 Å². The van der Waals surface area contributed by atoms with Crippen molar-refractivity contribution in [2.24, 2.45) is 23.2 Å². The minimum atomic E-state index is 0. The van der Waals surface area contributed by atoms with Gasteiger partial charge >= 0.3 is 0 Å². The highest BCUT2D eigenvalue weighted by molar-refractivity contribution is 5.05. The van der Waals surface area contributed by atoms with Crippen LogP contribution in [-0.4, -0.2) is 37.2 Å². The molecule has 3 rings (SSSR count). The molecule has 0 aromatic carbocycles. The number of hydrogen-bond acceptors (Lipinski definition) is 2. The molecule has 0 aromatic rings. The van der Waals surface area contributed by atoms with Crippen LogP contribution in [0.5, 0.6) is 0 Å². The molecule has 1 saturated heterocycles. The van der Waals surface area contributed by atoms with E-state index in [0.29, 0.717) is 11.5 Å². The molecule has 0 aromatic heterocycles. The Morgan fingerprint density at radius 3 is 2.16 bits per heavy atom. The lowest BCUT2D eigenvalue weighted by atomic mass is 10.1. The van der Waals surface area contributed by atoms with Gasteiger partial charge in [0.15, 0.2) is 0 Å². The van der Waals surface area contributed by atoms with Gasteiger partial charge in [-0.3, -0.25) is 4.70 Å². The lowest BCUT2D eigenvalue weighted by Gasteiger charge is -2.25. The summed E-state index contributed by atoms with van der Waals surface area (Å²) in [4.78, 5) is 2.70. The fraction of sp³-hybridized carbons (Fsp3) is 1.00. The fourth-order valence-electron chi connectivity index (χ4n) is 3.38. The number of fused-ring (bicyclic) bond motifs is 1. The molecule has 5 heteroatoms. The van der Waals surface area contributed by atoms with Crippen LogP contribution in [0.3, 0.4) is 0 Å². The van der Waals surface area contributed by atoms with E-state index >= 15 is 0 Å². The van der Waals surface area contributed by atoms with Gasteiger partial charge in [0, 0.05) is 34.2 Å². The first-order valence-electron chi connectivity index (χ1n) is 7.08. The summed E-state index contributed by atoms with van der Waals surface area (Å²) >= 11 is 0. The zero-order chi connectivity index (χ0) is 13.3. The van der Waals surface area contributed by atoms with Crippen LogP contribution in [0, 0.1) is 23.2 Å². The van der Waals surface area contributed by atoms with Gasteiger partial charge in [-0.25, -0.2) is 0 Å². The van der Waals surface area contributed by atoms with E-state index < -0.39 is 0 Å². The Morgan fingerprint density at radius 1 is 1.21 bits per heavy atom. The molecule has 1 heterocycles. The molecule has 1 aliphatic heterocycles. The fourth-order valence-corrected chi connectivity index (χ4v) is 3.38. The van der Waals surface area contributed by atoms with Crippen molar-refractivity contribution in [3.05, 3.63) is 0 Å². The van der Waals surface area contributed by atoms with E-state index in [1.807, 2.05) is 0 Å². The second-order valence-corrected chi connectivity index (χ2v) is 6.74. The summed E-state index contributed by atoms with van der Waals surface area (Å²) in [5.41, 5.74) is 0.546. The Bertz CT molecular complexity index is 272. The van der Waals surface area contributed by atoms with Crippen LogP contribution in [0.1, 0.15) is 33.6 Å². The summed E-state index contributed by atoms with van der Waals surface area (Å²) in [5.74, 6) is 3.11. The summed E-state index contributed by atoms with van der Waals surface area (Å²) in [6, 6.07) is 0. The summed E-state index contributed by atoms with van der Waals surface area (Å²) in [6.07, 6.45) is 3.17. The zero-order valence-electron chi connectivity index (χ0n) is 12.1. The minimum Gasteiger partial charge on any atom is -0.378 e. The second kappa shape index (κ2) is 6.44. The van der Waals surface area contributed by atoms with Crippen LogP contribution in [0.15, 0.2) is 0 Å². The average molecular weight is 281 g/mol. The summed E-state index contributed by atoms with van der Waals surface area (Å²) in [6.45, 7) is 11.7. The number of halogens is 3. The van der Waals surface area contributed by atoms with Crippen molar-refractivity contribution >= 4 is 0 Å². The largest absolute Gasteiger partial charge is 0.378 e. The smallest absolute Gasteiger partial charge is 0.0538 e. The van der Waals surface area contributed by atoms with E-state index in [4.69, 9.17) is 13.9 Å². The third-order valence-electron chi connectivity index (χ3n) is 4.94. The van der Waals surface area contributed by atoms with Gasteiger partial charge in [0.1, 0.15) is 0 Å². The predicted molar refractivity (Wildman–Crippen MR) is 70.1 cm³/mol. The molecule has 2 nitrogen and oxygen atoms in total. The molecule has 114 valence electrons. The molecule has 3 fully saturated rings. The quantitative estimate of drug-likeness (QED) is 0.766. The van der Waals surface area contributed by atoms with E-state index in [9.17, 15) is 0 Å². The highest BCUT2D eigenvalue weighted by Crippen LogP contribution is 2.54. The molecule has 3 atom stereocenters. The van der Waals surface area contributed by atoms with E-state index in [0.717, 1.165) is 24.4 Å². The van der Waals surface area contributed by atoms with Crippen molar-refractivity contribution in [3.8, 4) is 0 Å². The first-order chi connectivity index (χ1) is 8.60. The van der Waals surface area contributed by atoms with Crippen molar-refractivity contribution in [1.82, 2.24) is 4.90 Å². The molecular formula is C14H26F3NO.